The van der Waals surface area contributed by atoms with Crippen LogP contribution in [0.5, 0.6) is 0 Å². The Kier molecular flexibility index (Phi) is 2.39. The maximum absolute atomic E-state index is 11.9. The molecule has 2 aromatic heterocycles. The Morgan fingerprint density at radius 3 is 2.93 bits per heavy atom. The fourth-order valence-corrected chi connectivity index (χ4v) is 1.31. The molecule has 2 aromatic rings. The van der Waals surface area contributed by atoms with Crippen LogP contribution in [-0.2, 0) is 13.6 Å². The van der Waals surface area contributed by atoms with Crippen LogP contribution in [0.2, 0.25) is 0 Å². The zero-order chi connectivity index (χ0) is 10.8. The predicted molar refractivity (Wildman–Crippen MR) is 53.2 cm³/mol. The lowest BCUT2D eigenvalue weighted by Crippen LogP contribution is -2.05. The summed E-state index contributed by atoms with van der Waals surface area (Å²) in [4.78, 5) is 15.7. The third kappa shape index (κ3) is 1.69. The van der Waals surface area contributed by atoms with Gasteiger partial charge >= 0.3 is 0 Å². The molecule has 5 heteroatoms. The Morgan fingerprint density at radius 1 is 1.60 bits per heavy atom. The number of nitrogens with two attached hydrogens (primary N) is 1. The van der Waals surface area contributed by atoms with Gasteiger partial charge in [-0.25, -0.2) is 4.98 Å². The van der Waals surface area contributed by atoms with E-state index in [2.05, 4.69) is 4.98 Å². The molecule has 0 saturated carbocycles. The molecule has 0 amide bonds. The molecule has 0 atom stereocenters. The van der Waals surface area contributed by atoms with E-state index in [-0.39, 0.29) is 5.78 Å². The minimum atomic E-state index is -0.185. The maximum Gasteiger partial charge on any atom is 0.246 e. The second-order valence-corrected chi connectivity index (χ2v) is 3.19. The second kappa shape index (κ2) is 3.70. The normalized spacial score (nSPS) is 10.5. The van der Waals surface area contributed by atoms with E-state index >= 15 is 0 Å². The summed E-state index contributed by atoms with van der Waals surface area (Å²) in [5.41, 5.74) is 5.88. The highest BCUT2D eigenvalue weighted by Gasteiger charge is 2.16. The molecule has 0 aliphatic heterocycles. The van der Waals surface area contributed by atoms with Gasteiger partial charge in [0.2, 0.25) is 5.78 Å². The zero-order valence-electron chi connectivity index (χ0n) is 8.30. The van der Waals surface area contributed by atoms with E-state index in [0.29, 0.717) is 23.8 Å². The lowest BCUT2D eigenvalue weighted by Gasteiger charge is -1.97. The van der Waals surface area contributed by atoms with Crippen molar-refractivity contribution in [1.29, 1.82) is 0 Å². The molecule has 0 spiro atoms. The summed E-state index contributed by atoms with van der Waals surface area (Å²) in [6.07, 6.45) is 3.08. The summed E-state index contributed by atoms with van der Waals surface area (Å²) in [7, 11) is 1.76. The Morgan fingerprint density at radius 2 is 2.40 bits per heavy atom. The molecule has 15 heavy (non-hydrogen) atoms. The first-order valence-electron chi connectivity index (χ1n) is 4.52. The van der Waals surface area contributed by atoms with Crippen molar-refractivity contribution in [2.75, 3.05) is 0 Å². The SMILES string of the molecule is Cn1cncc1C(=O)c1ccc(CN)o1. The van der Waals surface area contributed by atoms with Crippen molar-refractivity contribution in [1.82, 2.24) is 9.55 Å². The third-order valence-corrected chi connectivity index (χ3v) is 2.14. The van der Waals surface area contributed by atoms with Crippen molar-refractivity contribution >= 4 is 5.78 Å². The summed E-state index contributed by atoms with van der Waals surface area (Å²) < 4.78 is 6.90. The highest BCUT2D eigenvalue weighted by molar-refractivity contribution is 6.05. The van der Waals surface area contributed by atoms with Gasteiger partial charge in [0, 0.05) is 7.05 Å². The number of carbonyl (C=O) groups is 1. The number of nitrogens with zero attached hydrogens (tertiary/aromatic N) is 2. The van der Waals surface area contributed by atoms with Crippen molar-refractivity contribution < 1.29 is 9.21 Å². The number of imidazole rings is 1. The van der Waals surface area contributed by atoms with Crippen LogP contribution in [-0.4, -0.2) is 15.3 Å². The highest BCUT2D eigenvalue weighted by Crippen LogP contribution is 2.12. The molecule has 0 unspecified atom stereocenters. The van der Waals surface area contributed by atoms with Crippen LogP contribution in [0, 0.1) is 0 Å². The summed E-state index contributed by atoms with van der Waals surface area (Å²) in [6, 6.07) is 3.32. The van der Waals surface area contributed by atoms with E-state index in [0.717, 1.165) is 0 Å². The minimum Gasteiger partial charge on any atom is -0.456 e. The third-order valence-electron chi connectivity index (χ3n) is 2.14. The molecular weight excluding hydrogens is 194 g/mol. The molecule has 0 aromatic carbocycles. The van der Waals surface area contributed by atoms with Gasteiger partial charge < -0.3 is 14.7 Å². The molecule has 0 saturated heterocycles. The quantitative estimate of drug-likeness (QED) is 0.748. The number of hydrogen-bond donors (Lipinski definition) is 1. The summed E-state index contributed by atoms with van der Waals surface area (Å²) >= 11 is 0. The number of ketones is 1. The highest BCUT2D eigenvalue weighted by atomic mass is 16.3. The van der Waals surface area contributed by atoms with E-state index in [9.17, 15) is 4.79 Å². The molecule has 2 rings (SSSR count). The summed E-state index contributed by atoms with van der Waals surface area (Å²) in [6.45, 7) is 0.290. The van der Waals surface area contributed by atoms with Gasteiger partial charge in [-0.2, -0.15) is 0 Å². The molecule has 0 fully saturated rings. The van der Waals surface area contributed by atoms with Gasteiger partial charge in [-0.05, 0) is 12.1 Å². The Bertz CT molecular complexity index is 484. The van der Waals surface area contributed by atoms with Crippen LogP contribution in [0.25, 0.3) is 0 Å². The standard InChI is InChI=1S/C10H11N3O2/c1-13-6-12-5-8(13)10(14)9-3-2-7(4-11)15-9/h2-3,5-6H,4,11H2,1H3. The van der Waals surface area contributed by atoms with E-state index in [1.165, 1.54) is 6.20 Å². The summed E-state index contributed by atoms with van der Waals surface area (Å²) in [5, 5.41) is 0. The first-order chi connectivity index (χ1) is 7.22. The Hall–Kier alpha value is -1.88. The Labute approximate surface area is 86.5 Å². The van der Waals surface area contributed by atoms with Crippen molar-refractivity contribution in [3.8, 4) is 0 Å². The van der Waals surface area contributed by atoms with Crippen LogP contribution in [0.1, 0.15) is 22.0 Å². The average Bonchev–Trinajstić information content (AvgIpc) is 2.84. The van der Waals surface area contributed by atoms with Gasteiger partial charge in [0.1, 0.15) is 11.5 Å². The van der Waals surface area contributed by atoms with Gasteiger partial charge in [-0.15, -0.1) is 0 Å². The van der Waals surface area contributed by atoms with Gasteiger partial charge in [0.15, 0.2) is 5.76 Å². The number of aromatic nitrogens is 2. The zero-order valence-corrected chi connectivity index (χ0v) is 8.30. The maximum atomic E-state index is 11.9. The Balaban J connectivity index is 2.32. The number of rotatable bonds is 3. The molecule has 78 valence electrons. The van der Waals surface area contributed by atoms with Crippen molar-refractivity contribution in [2.24, 2.45) is 12.8 Å². The van der Waals surface area contributed by atoms with Crippen LogP contribution >= 0.6 is 0 Å². The minimum absolute atomic E-state index is 0.185. The lowest BCUT2D eigenvalue weighted by atomic mass is 10.2. The first kappa shape index (κ1) is 9.67. The number of carbonyl (C=O) groups excluding carboxylic acids is 1. The molecule has 0 radical (unpaired) electrons. The number of furan rings is 1. The van der Waals surface area contributed by atoms with Crippen LogP contribution in [0.15, 0.2) is 29.1 Å². The van der Waals surface area contributed by atoms with Crippen molar-refractivity contribution in [3.05, 3.63) is 41.9 Å². The lowest BCUT2D eigenvalue weighted by molar-refractivity contribution is 0.1000. The van der Waals surface area contributed by atoms with E-state index in [4.69, 9.17) is 10.2 Å². The smallest absolute Gasteiger partial charge is 0.246 e. The number of aryl methyl sites for hydroxylation is 1. The van der Waals surface area contributed by atoms with Gasteiger partial charge in [-0.1, -0.05) is 0 Å². The van der Waals surface area contributed by atoms with Crippen molar-refractivity contribution in [3.63, 3.8) is 0 Å². The predicted octanol–water partition coefficient (Wildman–Crippen LogP) is 0.703. The fourth-order valence-electron chi connectivity index (χ4n) is 1.31. The average molecular weight is 205 g/mol. The number of hydrogen-bond acceptors (Lipinski definition) is 4. The van der Waals surface area contributed by atoms with Gasteiger partial charge in [0.25, 0.3) is 0 Å². The molecule has 2 heterocycles. The molecule has 0 bridgehead atoms. The summed E-state index contributed by atoms with van der Waals surface area (Å²) in [5.74, 6) is 0.703. The molecule has 0 aliphatic rings. The van der Waals surface area contributed by atoms with Crippen LogP contribution in [0.4, 0.5) is 0 Å². The van der Waals surface area contributed by atoms with Crippen LogP contribution in [0.3, 0.4) is 0 Å². The molecule has 2 N–H and O–H groups in total. The van der Waals surface area contributed by atoms with Gasteiger partial charge in [0.05, 0.1) is 19.1 Å². The first-order valence-corrected chi connectivity index (χ1v) is 4.52. The monoisotopic (exact) mass is 205 g/mol. The van der Waals surface area contributed by atoms with Gasteiger partial charge in [-0.3, -0.25) is 4.79 Å². The van der Waals surface area contributed by atoms with E-state index in [1.54, 1.807) is 30.1 Å². The topological polar surface area (TPSA) is 74.0 Å². The fraction of sp³-hybridized carbons (Fsp3) is 0.200. The van der Waals surface area contributed by atoms with Crippen LogP contribution < -0.4 is 5.73 Å². The van der Waals surface area contributed by atoms with E-state index < -0.39 is 0 Å². The molecular formula is C10H11N3O2. The van der Waals surface area contributed by atoms with Crippen molar-refractivity contribution in [2.45, 2.75) is 6.54 Å². The largest absolute Gasteiger partial charge is 0.456 e. The van der Waals surface area contributed by atoms with E-state index in [1.807, 2.05) is 0 Å². The molecule has 5 nitrogen and oxygen atoms in total. The molecule has 0 aliphatic carbocycles. The second-order valence-electron chi connectivity index (χ2n) is 3.19.